The van der Waals surface area contributed by atoms with E-state index in [2.05, 4.69) is 33.6 Å². The van der Waals surface area contributed by atoms with Crippen LogP contribution in [-0.2, 0) is 11.2 Å². The van der Waals surface area contributed by atoms with E-state index in [4.69, 9.17) is 4.74 Å². The number of aromatic nitrogens is 2. The highest BCUT2D eigenvalue weighted by Crippen LogP contribution is 2.32. The maximum absolute atomic E-state index is 11.4. The Labute approximate surface area is 143 Å². The van der Waals surface area contributed by atoms with Crippen LogP contribution in [0.4, 0.5) is 17.2 Å². The van der Waals surface area contributed by atoms with E-state index < -0.39 is 0 Å². The minimum atomic E-state index is -0.153. The van der Waals surface area contributed by atoms with E-state index in [1.54, 1.807) is 30.8 Å². The number of amides is 1. The zero-order valence-electron chi connectivity index (χ0n) is 13.7. The van der Waals surface area contributed by atoms with Crippen LogP contribution in [0.15, 0.2) is 30.6 Å². The van der Waals surface area contributed by atoms with Crippen molar-refractivity contribution in [3.63, 3.8) is 0 Å². The number of methoxy groups -OCH3 is 1. The minimum Gasteiger partial charge on any atom is -0.495 e. The largest absolute Gasteiger partial charge is 0.495 e. The van der Waals surface area contributed by atoms with Gasteiger partial charge in [-0.3, -0.25) is 4.79 Å². The molecule has 0 bridgehead atoms. The molecule has 0 fully saturated rings. The van der Waals surface area contributed by atoms with Crippen molar-refractivity contribution in [1.82, 2.24) is 9.97 Å². The van der Waals surface area contributed by atoms with Crippen molar-refractivity contribution in [3.8, 4) is 5.75 Å². The monoisotopic (exact) mass is 342 g/mol. The third-order valence-corrected chi connectivity index (χ3v) is 4.69. The van der Waals surface area contributed by atoms with Gasteiger partial charge < -0.3 is 15.4 Å². The number of rotatable bonds is 5. The molecule has 0 atom stereocenters. The smallest absolute Gasteiger partial charge is 0.221 e. The Bertz CT molecular complexity index is 891. The fraction of sp³-hybridized carbons (Fsp3) is 0.235. The second-order valence-corrected chi connectivity index (χ2v) is 6.34. The molecule has 2 heterocycles. The predicted molar refractivity (Wildman–Crippen MR) is 97.4 cm³/mol. The zero-order valence-corrected chi connectivity index (χ0v) is 14.5. The van der Waals surface area contributed by atoms with Crippen LogP contribution in [0.5, 0.6) is 5.75 Å². The van der Waals surface area contributed by atoms with Gasteiger partial charge in [-0.2, -0.15) is 0 Å². The molecular weight excluding hydrogens is 324 g/mol. The minimum absolute atomic E-state index is 0.153. The summed E-state index contributed by atoms with van der Waals surface area (Å²) in [5.74, 6) is 1.20. The third kappa shape index (κ3) is 3.30. The fourth-order valence-electron chi connectivity index (χ4n) is 2.39. The van der Waals surface area contributed by atoms with Crippen LogP contribution in [0.2, 0.25) is 0 Å². The second kappa shape index (κ2) is 6.84. The molecule has 0 unspecified atom stereocenters. The average Bonchev–Trinajstić information content (AvgIpc) is 2.99. The van der Waals surface area contributed by atoms with E-state index in [0.29, 0.717) is 11.4 Å². The summed E-state index contributed by atoms with van der Waals surface area (Å²) in [6, 6.07) is 7.62. The molecule has 7 heteroatoms. The number of ether oxygens (including phenoxy) is 1. The van der Waals surface area contributed by atoms with Crippen LogP contribution in [0, 0.1) is 0 Å². The van der Waals surface area contributed by atoms with E-state index >= 15 is 0 Å². The van der Waals surface area contributed by atoms with Gasteiger partial charge in [-0.15, -0.1) is 11.3 Å². The van der Waals surface area contributed by atoms with Gasteiger partial charge in [0.15, 0.2) is 0 Å². The van der Waals surface area contributed by atoms with Crippen molar-refractivity contribution in [1.29, 1.82) is 0 Å². The summed E-state index contributed by atoms with van der Waals surface area (Å²) in [5, 5.41) is 7.06. The van der Waals surface area contributed by atoms with Crippen LogP contribution in [-0.4, -0.2) is 23.0 Å². The van der Waals surface area contributed by atoms with E-state index in [9.17, 15) is 4.79 Å². The van der Waals surface area contributed by atoms with Gasteiger partial charge in [0, 0.05) is 17.5 Å². The van der Waals surface area contributed by atoms with Crippen molar-refractivity contribution in [2.24, 2.45) is 0 Å². The molecule has 6 nitrogen and oxygen atoms in total. The van der Waals surface area contributed by atoms with E-state index in [1.807, 2.05) is 12.1 Å². The Morgan fingerprint density at radius 1 is 1.29 bits per heavy atom. The lowest BCUT2D eigenvalue weighted by atomic mass is 10.2. The normalized spacial score (nSPS) is 10.6. The van der Waals surface area contributed by atoms with Gasteiger partial charge in [-0.05, 0) is 30.7 Å². The number of carbonyl (C=O) groups excluding carboxylic acids is 1. The molecule has 3 aromatic rings. The van der Waals surface area contributed by atoms with Gasteiger partial charge in [0.2, 0.25) is 5.91 Å². The summed E-state index contributed by atoms with van der Waals surface area (Å²) in [7, 11) is 1.57. The first kappa shape index (κ1) is 16.2. The maximum atomic E-state index is 11.4. The molecule has 2 aromatic heterocycles. The van der Waals surface area contributed by atoms with Crippen molar-refractivity contribution >= 4 is 44.7 Å². The number of anilines is 3. The molecule has 0 saturated heterocycles. The third-order valence-electron chi connectivity index (χ3n) is 3.50. The van der Waals surface area contributed by atoms with Gasteiger partial charge in [0.1, 0.15) is 22.7 Å². The lowest BCUT2D eigenvalue weighted by Crippen LogP contribution is -2.07. The Morgan fingerprint density at radius 3 is 2.83 bits per heavy atom. The first-order valence-corrected chi connectivity index (χ1v) is 8.38. The summed E-state index contributed by atoms with van der Waals surface area (Å²) >= 11 is 1.67. The van der Waals surface area contributed by atoms with Crippen LogP contribution < -0.4 is 15.4 Å². The summed E-state index contributed by atoms with van der Waals surface area (Å²) in [5.41, 5.74) is 1.42. The number of thiophene rings is 1. The van der Waals surface area contributed by atoms with Crippen molar-refractivity contribution in [3.05, 3.63) is 35.5 Å². The lowest BCUT2D eigenvalue weighted by molar-refractivity contribution is -0.114. The van der Waals surface area contributed by atoms with Gasteiger partial charge in [0.25, 0.3) is 0 Å². The SMILES string of the molecule is CCc1cc2c(Nc3ccc(OC)c(NC(C)=O)c3)ncnc2s1. The Morgan fingerprint density at radius 2 is 2.12 bits per heavy atom. The van der Waals surface area contributed by atoms with Crippen LogP contribution in [0.1, 0.15) is 18.7 Å². The van der Waals surface area contributed by atoms with E-state index in [-0.39, 0.29) is 5.91 Å². The van der Waals surface area contributed by atoms with E-state index in [1.165, 1.54) is 11.8 Å². The topological polar surface area (TPSA) is 76.1 Å². The molecule has 2 N–H and O–H groups in total. The summed E-state index contributed by atoms with van der Waals surface area (Å²) in [4.78, 5) is 22.3. The molecule has 0 aliphatic rings. The standard InChI is InChI=1S/C17H18N4O2S/c1-4-12-8-13-16(18-9-19-17(13)24-12)21-11-5-6-15(23-3)14(7-11)20-10(2)22/h5-9H,4H2,1-3H3,(H,20,22)(H,18,19,21). The number of nitrogens with zero attached hydrogens (tertiary/aromatic N) is 2. The molecule has 24 heavy (non-hydrogen) atoms. The Balaban J connectivity index is 1.96. The van der Waals surface area contributed by atoms with Crippen LogP contribution in [0.25, 0.3) is 10.2 Å². The maximum Gasteiger partial charge on any atom is 0.221 e. The van der Waals surface area contributed by atoms with Gasteiger partial charge in [-0.1, -0.05) is 6.92 Å². The number of hydrogen-bond donors (Lipinski definition) is 2. The van der Waals surface area contributed by atoms with Gasteiger partial charge in [0.05, 0.1) is 18.2 Å². The summed E-state index contributed by atoms with van der Waals surface area (Å²) in [6.45, 7) is 3.58. The first-order valence-electron chi connectivity index (χ1n) is 7.56. The number of benzene rings is 1. The molecule has 0 aliphatic heterocycles. The highest BCUT2D eigenvalue weighted by atomic mass is 32.1. The fourth-order valence-corrected chi connectivity index (χ4v) is 3.32. The highest BCUT2D eigenvalue weighted by molar-refractivity contribution is 7.18. The van der Waals surface area contributed by atoms with Gasteiger partial charge in [-0.25, -0.2) is 9.97 Å². The molecule has 1 amide bonds. The second-order valence-electron chi connectivity index (χ2n) is 5.23. The summed E-state index contributed by atoms with van der Waals surface area (Å²) in [6.07, 6.45) is 2.52. The van der Waals surface area contributed by atoms with Crippen LogP contribution in [0.3, 0.4) is 0 Å². The number of carbonyl (C=O) groups is 1. The number of aryl methyl sites for hydroxylation is 1. The van der Waals surface area contributed by atoms with Crippen molar-refractivity contribution in [2.45, 2.75) is 20.3 Å². The summed E-state index contributed by atoms with van der Waals surface area (Å²) < 4.78 is 5.27. The number of nitrogens with one attached hydrogen (secondary N) is 2. The van der Waals surface area contributed by atoms with Crippen molar-refractivity contribution in [2.75, 3.05) is 17.7 Å². The highest BCUT2D eigenvalue weighted by Gasteiger charge is 2.10. The molecule has 1 aromatic carbocycles. The number of hydrogen-bond acceptors (Lipinski definition) is 6. The molecule has 124 valence electrons. The zero-order chi connectivity index (χ0) is 17.1. The van der Waals surface area contributed by atoms with E-state index in [0.717, 1.165) is 28.1 Å². The number of fused-ring (bicyclic) bond motifs is 1. The Hall–Kier alpha value is -2.67. The first-order chi connectivity index (χ1) is 11.6. The average molecular weight is 342 g/mol. The molecular formula is C17H18N4O2S. The van der Waals surface area contributed by atoms with Crippen molar-refractivity contribution < 1.29 is 9.53 Å². The molecule has 3 rings (SSSR count). The molecule has 0 spiro atoms. The molecule has 0 saturated carbocycles. The molecule has 0 radical (unpaired) electrons. The predicted octanol–water partition coefficient (Wildman–Crippen LogP) is 3.96. The van der Waals surface area contributed by atoms with Crippen LogP contribution >= 0.6 is 11.3 Å². The lowest BCUT2D eigenvalue weighted by Gasteiger charge is -2.12. The van der Waals surface area contributed by atoms with Gasteiger partial charge >= 0.3 is 0 Å². The molecule has 0 aliphatic carbocycles. The Kier molecular flexibility index (Phi) is 4.61. The quantitative estimate of drug-likeness (QED) is 0.734.